The van der Waals surface area contributed by atoms with Gasteiger partial charge in [-0.05, 0) is 37.3 Å². The van der Waals surface area contributed by atoms with Crippen LogP contribution in [0.15, 0.2) is 48.5 Å². The molecule has 1 radical (unpaired) electrons. The predicted octanol–water partition coefficient (Wildman–Crippen LogP) is 3.31. The summed E-state index contributed by atoms with van der Waals surface area (Å²) in [6.07, 6.45) is -0.898. The molecule has 2 aromatic carbocycles. The van der Waals surface area contributed by atoms with E-state index in [1.165, 1.54) is 16.7 Å². The number of rotatable bonds is 3. The van der Waals surface area contributed by atoms with Gasteiger partial charge in [-0.15, -0.1) is 0 Å². The quantitative estimate of drug-likeness (QED) is 0.847. The number of carbonyl (C=O) groups excluding carboxylic acids is 1. The smallest absolute Gasteiger partial charge is 0.414 e. The van der Waals surface area contributed by atoms with Gasteiger partial charge in [0.05, 0.1) is 17.9 Å². The molecular formula is C20H21FN3O2. The Labute approximate surface area is 152 Å². The van der Waals surface area contributed by atoms with E-state index >= 15 is 0 Å². The number of benzene rings is 2. The maximum absolute atomic E-state index is 14.7. The van der Waals surface area contributed by atoms with Crippen LogP contribution in [-0.2, 0) is 4.74 Å². The van der Waals surface area contributed by atoms with Crippen molar-refractivity contribution in [3.05, 3.63) is 61.3 Å². The maximum Gasteiger partial charge on any atom is 0.414 e. The zero-order valence-corrected chi connectivity index (χ0v) is 14.5. The van der Waals surface area contributed by atoms with Gasteiger partial charge in [0.25, 0.3) is 0 Å². The third kappa shape index (κ3) is 3.19. The summed E-state index contributed by atoms with van der Waals surface area (Å²) in [5.41, 5.74) is 2.27. The molecule has 0 unspecified atom stereocenters. The number of amides is 1. The minimum atomic E-state index is -0.478. The monoisotopic (exact) mass is 354 g/mol. The third-order valence-corrected chi connectivity index (χ3v) is 4.86. The molecule has 2 aromatic rings. The second-order valence-corrected chi connectivity index (χ2v) is 6.56. The molecule has 0 bridgehead atoms. The molecule has 4 rings (SSSR count). The van der Waals surface area contributed by atoms with Crippen molar-refractivity contribution in [3.63, 3.8) is 0 Å². The highest BCUT2D eigenvalue weighted by Gasteiger charge is 2.30. The van der Waals surface area contributed by atoms with Crippen molar-refractivity contribution in [1.29, 1.82) is 0 Å². The number of ether oxygens (including phenoxy) is 1. The number of hydrogen-bond acceptors (Lipinski definition) is 4. The number of anilines is 3. The Morgan fingerprint density at radius 1 is 0.962 bits per heavy atom. The van der Waals surface area contributed by atoms with Crippen molar-refractivity contribution in [3.8, 4) is 0 Å². The molecule has 2 fully saturated rings. The fraction of sp³-hybridized carbons (Fsp3) is 0.300. The van der Waals surface area contributed by atoms with Crippen LogP contribution in [0.1, 0.15) is 0 Å². The Bertz CT molecular complexity index is 791. The SMILES string of the molecule is [CH2][C@@H]1CN(c2ccc(N3CCN(c4ccccc4)CC3)c(F)c2)C(=O)O1. The molecule has 1 atom stereocenters. The topological polar surface area (TPSA) is 36.0 Å². The Balaban J connectivity index is 1.45. The third-order valence-electron chi connectivity index (χ3n) is 4.86. The van der Waals surface area contributed by atoms with Crippen LogP contribution >= 0.6 is 0 Å². The van der Waals surface area contributed by atoms with Gasteiger partial charge in [0.15, 0.2) is 0 Å². The van der Waals surface area contributed by atoms with Gasteiger partial charge in [0, 0.05) is 31.9 Å². The first-order chi connectivity index (χ1) is 12.6. The summed E-state index contributed by atoms with van der Waals surface area (Å²) < 4.78 is 19.7. The molecule has 1 amide bonds. The largest absolute Gasteiger partial charge is 0.444 e. The van der Waals surface area contributed by atoms with Gasteiger partial charge in [-0.3, -0.25) is 4.90 Å². The van der Waals surface area contributed by atoms with Crippen molar-refractivity contribution in [2.75, 3.05) is 47.4 Å². The van der Waals surface area contributed by atoms with E-state index in [4.69, 9.17) is 4.74 Å². The van der Waals surface area contributed by atoms with Crippen LogP contribution in [0.3, 0.4) is 0 Å². The Hall–Kier alpha value is -2.76. The summed E-state index contributed by atoms with van der Waals surface area (Å²) in [5.74, 6) is -0.323. The van der Waals surface area contributed by atoms with Gasteiger partial charge in [-0.25, -0.2) is 9.18 Å². The number of para-hydroxylation sites is 1. The van der Waals surface area contributed by atoms with Gasteiger partial charge in [0.2, 0.25) is 0 Å². The zero-order valence-electron chi connectivity index (χ0n) is 14.5. The van der Waals surface area contributed by atoms with Gasteiger partial charge in [0.1, 0.15) is 11.9 Å². The summed E-state index contributed by atoms with van der Waals surface area (Å²) in [6.45, 7) is 7.23. The number of nitrogens with zero attached hydrogens (tertiary/aromatic N) is 3. The first-order valence-corrected chi connectivity index (χ1v) is 8.77. The molecular weight excluding hydrogens is 333 g/mol. The standard InChI is InChI=1S/C20H21FN3O2/c1-15-14-24(20(25)26-15)17-7-8-19(18(21)13-17)23-11-9-22(10-12-23)16-5-3-2-4-6-16/h2-8,13,15H,1,9-12,14H2/t15-/m1/s1. The Kier molecular flexibility index (Phi) is 4.41. The lowest BCUT2D eigenvalue weighted by Gasteiger charge is -2.37. The fourth-order valence-corrected chi connectivity index (χ4v) is 3.50. The predicted molar refractivity (Wildman–Crippen MR) is 100 cm³/mol. The molecule has 0 aromatic heterocycles. The van der Waals surface area contributed by atoms with E-state index < -0.39 is 12.2 Å². The van der Waals surface area contributed by atoms with Crippen molar-refractivity contribution < 1.29 is 13.9 Å². The second kappa shape index (κ2) is 6.86. The molecule has 26 heavy (non-hydrogen) atoms. The molecule has 2 aliphatic heterocycles. The minimum Gasteiger partial charge on any atom is -0.444 e. The normalized spacial score (nSPS) is 20.5. The molecule has 0 saturated carbocycles. The van der Waals surface area contributed by atoms with E-state index in [0.29, 0.717) is 17.9 Å². The van der Waals surface area contributed by atoms with E-state index in [1.54, 1.807) is 12.1 Å². The van der Waals surface area contributed by atoms with Crippen molar-refractivity contribution >= 4 is 23.2 Å². The highest BCUT2D eigenvalue weighted by molar-refractivity contribution is 5.90. The van der Waals surface area contributed by atoms with Crippen LogP contribution in [0.2, 0.25) is 0 Å². The molecule has 2 heterocycles. The van der Waals surface area contributed by atoms with Crippen LogP contribution in [0, 0.1) is 12.7 Å². The van der Waals surface area contributed by atoms with E-state index in [9.17, 15) is 9.18 Å². The molecule has 0 spiro atoms. The Morgan fingerprint density at radius 3 is 2.27 bits per heavy atom. The molecule has 2 aliphatic rings. The lowest BCUT2D eigenvalue weighted by atomic mass is 10.2. The number of hydrogen-bond donors (Lipinski definition) is 0. The van der Waals surface area contributed by atoms with E-state index in [2.05, 4.69) is 24.0 Å². The molecule has 0 aliphatic carbocycles. The van der Waals surface area contributed by atoms with Gasteiger partial charge < -0.3 is 14.5 Å². The second-order valence-electron chi connectivity index (χ2n) is 6.56. The number of halogens is 1. The molecule has 135 valence electrons. The fourth-order valence-electron chi connectivity index (χ4n) is 3.50. The van der Waals surface area contributed by atoms with Crippen LogP contribution in [0.5, 0.6) is 0 Å². The van der Waals surface area contributed by atoms with Gasteiger partial charge in [-0.1, -0.05) is 18.2 Å². The zero-order chi connectivity index (χ0) is 18.1. The van der Waals surface area contributed by atoms with E-state index in [-0.39, 0.29) is 5.82 Å². The maximum atomic E-state index is 14.7. The highest BCUT2D eigenvalue weighted by Crippen LogP contribution is 2.29. The number of carbonyl (C=O) groups is 1. The number of cyclic esters (lactones) is 1. The first kappa shape index (κ1) is 16.7. The summed E-state index contributed by atoms with van der Waals surface area (Å²) in [6, 6.07) is 15.2. The van der Waals surface area contributed by atoms with Crippen LogP contribution in [-0.4, -0.2) is 44.9 Å². The average molecular weight is 354 g/mol. The van der Waals surface area contributed by atoms with Crippen molar-refractivity contribution in [2.24, 2.45) is 0 Å². The highest BCUT2D eigenvalue weighted by atomic mass is 19.1. The number of piperazine rings is 1. The minimum absolute atomic E-state index is 0.323. The van der Waals surface area contributed by atoms with E-state index in [0.717, 1.165) is 26.2 Å². The molecule has 6 heteroatoms. The van der Waals surface area contributed by atoms with Crippen molar-refractivity contribution in [1.82, 2.24) is 0 Å². The van der Waals surface area contributed by atoms with Crippen molar-refractivity contribution in [2.45, 2.75) is 6.10 Å². The van der Waals surface area contributed by atoms with E-state index in [1.807, 2.05) is 23.1 Å². The summed E-state index contributed by atoms with van der Waals surface area (Å²) in [7, 11) is 0. The van der Waals surface area contributed by atoms with Gasteiger partial charge >= 0.3 is 6.09 Å². The average Bonchev–Trinajstić information content (AvgIpc) is 3.01. The summed E-state index contributed by atoms with van der Waals surface area (Å²) >= 11 is 0. The lowest BCUT2D eigenvalue weighted by molar-refractivity contribution is 0.159. The van der Waals surface area contributed by atoms with Gasteiger partial charge in [-0.2, -0.15) is 0 Å². The molecule has 5 nitrogen and oxygen atoms in total. The van der Waals surface area contributed by atoms with Crippen LogP contribution in [0.4, 0.5) is 26.2 Å². The molecule has 2 saturated heterocycles. The Morgan fingerprint density at radius 2 is 1.65 bits per heavy atom. The first-order valence-electron chi connectivity index (χ1n) is 8.77. The summed E-state index contributed by atoms with van der Waals surface area (Å²) in [4.78, 5) is 17.5. The summed E-state index contributed by atoms with van der Waals surface area (Å²) in [5, 5.41) is 0. The van der Waals surface area contributed by atoms with Crippen LogP contribution in [0.25, 0.3) is 0 Å². The lowest BCUT2D eigenvalue weighted by Crippen LogP contribution is -2.46. The molecule has 0 N–H and O–H groups in total. The van der Waals surface area contributed by atoms with Crippen LogP contribution < -0.4 is 14.7 Å².